The van der Waals surface area contributed by atoms with Crippen LogP contribution in [0.1, 0.15) is 37.7 Å². The molecule has 0 saturated heterocycles. The fourth-order valence-electron chi connectivity index (χ4n) is 2.68. The van der Waals surface area contributed by atoms with Gasteiger partial charge in [-0.05, 0) is 43.2 Å². The van der Waals surface area contributed by atoms with E-state index in [-0.39, 0.29) is 4.21 Å². The van der Waals surface area contributed by atoms with Crippen LogP contribution in [0.25, 0.3) is 10.4 Å². The van der Waals surface area contributed by atoms with Crippen molar-refractivity contribution in [2.45, 2.75) is 37.1 Å². The van der Waals surface area contributed by atoms with Crippen molar-refractivity contribution >= 4 is 21.4 Å². The molecule has 7 nitrogen and oxygen atoms in total. The van der Waals surface area contributed by atoms with E-state index in [0.717, 1.165) is 23.4 Å². The molecule has 0 aliphatic heterocycles. The maximum Gasteiger partial charge on any atom is 0.250 e. The highest BCUT2D eigenvalue weighted by Gasteiger charge is 2.23. The molecule has 2 heterocycles. The van der Waals surface area contributed by atoms with Crippen molar-refractivity contribution < 1.29 is 8.42 Å². The molecule has 27 heavy (non-hydrogen) atoms. The molecule has 0 radical (unpaired) electrons. The van der Waals surface area contributed by atoms with Crippen molar-refractivity contribution in [2.75, 3.05) is 0 Å². The van der Waals surface area contributed by atoms with Gasteiger partial charge in [0, 0.05) is 11.4 Å². The summed E-state index contributed by atoms with van der Waals surface area (Å²) < 4.78 is 30.3. The molecule has 0 spiro atoms. The van der Waals surface area contributed by atoms with E-state index >= 15 is 0 Å². The van der Waals surface area contributed by atoms with Crippen LogP contribution in [0.4, 0.5) is 0 Å². The second-order valence-corrected chi connectivity index (χ2v) is 9.06. The fraction of sp³-hybridized carbons (Fsp3) is 0.278. The average Bonchev–Trinajstić information content (AvgIpc) is 3.32. The largest absolute Gasteiger partial charge is 0.316 e. The summed E-state index contributed by atoms with van der Waals surface area (Å²) in [6, 6.07) is 12.0. The van der Waals surface area contributed by atoms with Gasteiger partial charge in [-0.15, -0.1) is 21.5 Å². The van der Waals surface area contributed by atoms with Crippen molar-refractivity contribution in [3.8, 4) is 16.5 Å². The third-order valence-electron chi connectivity index (χ3n) is 3.97. The van der Waals surface area contributed by atoms with E-state index in [9.17, 15) is 8.42 Å². The first-order chi connectivity index (χ1) is 12.9. The predicted molar refractivity (Wildman–Crippen MR) is 104 cm³/mol. The molecular formula is C18H19N5O2S2. The van der Waals surface area contributed by atoms with Crippen molar-refractivity contribution in [1.29, 1.82) is 5.26 Å². The van der Waals surface area contributed by atoms with E-state index in [0.29, 0.717) is 11.4 Å². The van der Waals surface area contributed by atoms with Crippen LogP contribution in [0.2, 0.25) is 0 Å². The molecule has 0 amide bonds. The first-order valence-corrected chi connectivity index (χ1v) is 10.7. The van der Waals surface area contributed by atoms with Crippen LogP contribution in [0.5, 0.6) is 0 Å². The van der Waals surface area contributed by atoms with Gasteiger partial charge in [0.05, 0.1) is 17.7 Å². The summed E-state index contributed by atoms with van der Waals surface area (Å²) in [5.41, 5.74) is 1.44. The Kier molecular flexibility index (Phi) is 5.70. The number of hydrogen-bond donors (Lipinski definition) is 1. The Labute approximate surface area is 162 Å². The number of thiophene rings is 1. The first-order valence-electron chi connectivity index (χ1n) is 8.45. The van der Waals surface area contributed by atoms with Crippen LogP contribution in [-0.2, 0) is 16.6 Å². The van der Waals surface area contributed by atoms with Gasteiger partial charge in [0.15, 0.2) is 5.82 Å². The number of benzene rings is 1. The molecule has 0 aliphatic carbocycles. The predicted octanol–water partition coefficient (Wildman–Crippen LogP) is 3.33. The van der Waals surface area contributed by atoms with Gasteiger partial charge < -0.3 is 4.57 Å². The quantitative estimate of drug-likeness (QED) is 0.654. The fourth-order valence-corrected chi connectivity index (χ4v) is 5.21. The number of nitrogens with one attached hydrogen (secondary N) is 1. The molecule has 0 aliphatic rings. The maximum absolute atomic E-state index is 12.8. The second kappa shape index (κ2) is 8.00. The molecule has 140 valence electrons. The lowest BCUT2D eigenvalue weighted by Gasteiger charge is -2.14. The van der Waals surface area contributed by atoms with E-state index in [1.54, 1.807) is 37.5 Å². The third-order valence-corrected chi connectivity index (χ3v) is 7.14. The van der Waals surface area contributed by atoms with Crippen LogP contribution in [0.15, 0.2) is 46.9 Å². The third kappa shape index (κ3) is 4.24. The summed E-state index contributed by atoms with van der Waals surface area (Å²) >= 11 is 1.18. The van der Waals surface area contributed by atoms with Crippen LogP contribution in [0.3, 0.4) is 0 Å². The zero-order chi connectivity index (χ0) is 19.4. The monoisotopic (exact) mass is 401 g/mol. The lowest BCUT2D eigenvalue weighted by molar-refractivity contribution is 0.541. The van der Waals surface area contributed by atoms with Crippen molar-refractivity contribution in [3.05, 3.63) is 54.1 Å². The van der Waals surface area contributed by atoms with Crippen molar-refractivity contribution in [1.82, 2.24) is 19.5 Å². The van der Waals surface area contributed by atoms with E-state index in [4.69, 9.17) is 5.26 Å². The summed E-state index contributed by atoms with van der Waals surface area (Å²) in [6.45, 7) is 4.52. The molecule has 0 saturated carbocycles. The van der Waals surface area contributed by atoms with Gasteiger partial charge in [0.25, 0.3) is 10.0 Å². The highest BCUT2D eigenvalue weighted by molar-refractivity contribution is 7.91. The molecule has 1 atom stereocenters. The van der Waals surface area contributed by atoms with Gasteiger partial charge in [0.1, 0.15) is 10.5 Å². The number of rotatable bonds is 7. The highest BCUT2D eigenvalue weighted by Crippen LogP contribution is 2.31. The standard InChI is InChI=1S/C18H19N5O2S2/c1-3-10-23-12-20-21-18(23)13(2)22-27(24,25)17-9-8-16(26-17)15-6-4-14(11-19)5-7-15/h4-9,12-13,22H,3,10H2,1-2H3. The average molecular weight is 402 g/mol. The Morgan fingerprint density at radius 3 is 2.67 bits per heavy atom. The number of nitrogens with zero attached hydrogens (tertiary/aromatic N) is 4. The van der Waals surface area contributed by atoms with Crippen LogP contribution >= 0.6 is 11.3 Å². The SMILES string of the molecule is CCCn1cnnc1C(C)NS(=O)(=O)c1ccc(-c2ccc(C#N)cc2)s1. The number of aromatic nitrogens is 3. The molecule has 0 bridgehead atoms. The van der Waals surface area contributed by atoms with E-state index < -0.39 is 16.1 Å². The lowest BCUT2D eigenvalue weighted by atomic mass is 10.1. The van der Waals surface area contributed by atoms with E-state index in [1.165, 1.54) is 11.3 Å². The Hall–Kier alpha value is -2.54. The number of nitriles is 1. The molecule has 1 N–H and O–H groups in total. The zero-order valence-corrected chi connectivity index (χ0v) is 16.6. The Morgan fingerprint density at radius 1 is 1.26 bits per heavy atom. The number of sulfonamides is 1. The molecule has 1 aromatic carbocycles. The molecule has 9 heteroatoms. The Morgan fingerprint density at radius 2 is 2.00 bits per heavy atom. The topological polar surface area (TPSA) is 101 Å². The Balaban J connectivity index is 1.80. The minimum atomic E-state index is -3.68. The van der Waals surface area contributed by atoms with Gasteiger partial charge in [0.2, 0.25) is 0 Å². The maximum atomic E-state index is 12.8. The van der Waals surface area contributed by atoms with Crippen molar-refractivity contribution in [3.63, 3.8) is 0 Å². The van der Waals surface area contributed by atoms with Gasteiger partial charge in [-0.25, -0.2) is 13.1 Å². The molecule has 3 aromatic rings. The molecule has 0 fully saturated rings. The number of aryl methyl sites for hydroxylation is 1. The smallest absolute Gasteiger partial charge is 0.250 e. The van der Waals surface area contributed by atoms with Crippen molar-refractivity contribution in [2.24, 2.45) is 0 Å². The normalized spacial score (nSPS) is 12.6. The zero-order valence-electron chi connectivity index (χ0n) is 15.0. The molecule has 2 aromatic heterocycles. The minimum Gasteiger partial charge on any atom is -0.316 e. The molecular weight excluding hydrogens is 382 g/mol. The van der Waals surface area contributed by atoms with Crippen LogP contribution < -0.4 is 4.72 Å². The van der Waals surface area contributed by atoms with Crippen LogP contribution in [0, 0.1) is 11.3 Å². The summed E-state index contributed by atoms with van der Waals surface area (Å²) in [7, 11) is -3.68. The highest BCUT2D eigenvalue weighted by atomic mass is 32.2. The van der Waals surface area contributed by atoms with Gasteiger partial charge in [-0.2, -0.15) is 5.26 Å². The summed E-state index contributed by atoms with van der Waals surface area (Å²) in [5, 5.41) is 16.8. The van der Waals surface area contributed by atoms with E-state index in [1.807, 2.05) is 23.6 Å². The first kappa shape index (κ1) is 19.2. The second-order valence-electron chi connectivity index (χ2n) is 6.03. The minimum absolute atomic E-state index is 0.232. The number of hydrogen-bond acceptors (Lipinski definition) is 6. The summed E-state index contributed by atoms with van der Waals surface area (Å²) in [4.78, 5) is 0.821. The van der Waals surface area contributed by atoms with Gasteiger partial charge >= 0.3 is 0 Å². The molecule has 1 unspecified atom stereocenters. The Bertz CT molecular complexity index is 1060. The van der Waals surface area contributed by atoms with E-state index in [2.05, 4.69) is 21.0 Å². The summed E-state index contributed by atoms with van der Waals surface area (Å²) in [5.74, 6) is 0.587. The van der Waals surface area contributed by atoms with Gasteiger partial charge in [-0.1, -0.05) is 19.1 Å². The summed E-state index contributed by atoms with van der Waals surface area (Å²) in [6.07, 6.45) is 2.52. The molecule has 3 rings (SSSR count). The lowest BCUT2D eigenvalue weighted by Crippen LogP contribution is -2.28. The van der Waals surface area contributed by atoms with Crippen LogP contribution in [-0.4, -0.2) is 23.2 Å². The van der Waals surface area contributed by atoms with Gasteiger partial charge in [-0.3, -0.25) is 0 Å².